The highest BCUT2D eigenvalue weighted by Crippen LogP contribution is 2.31. The first kappa shape index (κ1) is 16.0. The van der Waals surface area contributed by atoms with Crippen molar-refractivity contribution in [3.8, 4) is 6.07 Å². The van der Waals surface area contributed by atoms with Gasteiger partial charge in [0.1, 0.15) is 11.8 Å². The molecule has 0 saturated heterocycles. The Morgan fingerprint density at radius 2 is 2.06 bits per heavy atom. The maximum absolute atomic E-state index is 8.70. The molecule has 6 nitrogen and oxygen atoms in total. The molecule has 1 aromatic rings. The van der Waals surface area contributed by atoms with E-state index in [1.54, 1.807) is 18.2 Å². The van der Waals surface area contributed by atoms with Crippen LogP contribution >= 0.6 is 23.2 Å². The molecule has 0 atom stereocenters. The van der Waals surface area contributed by atoms with E-state index in [1.807, 2.05) is 6.07 Å². The Kier molecular flexibility index (Phi) is 7.25. The zero-order valence-corrected chi connectivity index (χ0v) is 10.7. The van der Waals surface area contributed by atoms with E-state index in [4.69, 9.17) is 51.9 Å². The number of nitrogens with two attached hydrogens (primary N) is 2. The van der Waals surface area contributed by atoms with Crippen molar-refractivity contribution < 1.29 is 4.58 Å². The second-order valence-corrected chi connectivity index (χ2v) is 3.63. The van der Waals surface area contributed by atoms with Crippen LogP contribution in [0.3, 0.4) is 0 Å². The number of halogens is 2. The third kappa shape index (κ3) is 3.79. The van der Waals surface area contributed by atoms with E-state index in [0.717, 1.165) is 0 Å². The van der Waals surface area contributed by atoms with Gasteiger partial charge in [0, 0.05) is 0 Å². The van der Waals surface area contributed by atoms with Gasteiger partial charge in [-0.25, -0.2) is 10.0 Å². The van der Waals surface area contributed by atoms with Gasteiger partial charge in [0.25, 0.3) is 0 Å². The van der Waals surface area contributed by atoms with Crippen molar-refractivity contribution in [3.05, 3.63) is 34.8 Å². The number of nitrogens with zero attached hydrogens (tertiary/aromatic N) is 3. The van der Waals surface area contributed by atoms with Gasteiger partial charge in [-0.2, -0.15) is 11.1 Å². The Hall–Kier alpha value is -1.99. The predicted molar refractivity (Wildman–Crippen MR) is 68.3 cm³/mol. The third-order valence-corrected chi connectivity index (χ3v) is 2.70. The molecule has 0 unspecified atom stereocenters. The zero-order valence-electron chi connectivity index (χ0n) is 9.19. The lowest BCUT2D eigenvalue weighted by molar-refractivity contribution is -0.429. The molecule has 8 heteroatoms. The highest BCUT2D eigenvalue weighted by molar-refractivity contribution is 6.43. The minimum Gasteiger partial charge on any atom is -0.512 e. The van der Waals surface area contributed by atoms with Gasteiger partial charge in [-0.15, -0.1) is 0 Å². The Morgan fingerprint density at radius 1 is 1.44 bits per heavy atom. The van der Waals surface area contributed by atoms with Gasteiger partial charge in [0.15, 0.2) is 6.54 Å². The molecule has 0 bridgehead atoms. The lowest BCUT2D eigenvalue weighted by atomic mass is 10.3. The van der Waals surface area contributed by atoms with Crippen LogP contribution in [0, 0.1) is 23.2 Å². The SMILES string of the molecule is N#CC[N+](=C(N)NN)c1cccc(Cl)c1Cl.[C-]#N. The Labute approximate surface area is 115 Å². The number of rotatable bonds is 2. The van der Waals surface area contributed by atoms with Gasteiger partial charge < -0.3 is 11.8 Å². The van der Waals surface area contributed by atoms with Crippen molar-refractivity contribution in [3.63, 3.8) is 0 Å². The number of hydrazine groups is 1. The molecule has 0 aromatic heterocycles. The predicted octanol–water partition coefficient (Wildman–Crippen LogP) is 1.04. The number of hydrogen-bond donors (Lipinski definition) is 3. The average molecular weight is 285 g/mol. The van der Waals surface area contributed by atoms with Crippen molar-refractivity contribution in [1.82, 2.24) is 5.43 Å². The summed E-state index contributed by atoms with van der Waals surface area (Å²) in [4.78, 5) is 0. The highest BCUT2D eigenvalue weighted by atomic mass is 35.5. The van der Waals surface area contributed by atoms with Crippen LogP contribution in [0.4, 0.5) is 5.69 Å². The number of guanidine groups is 1. The first-order chi connectivity index (χ1) is 8.61. The van der Waals surface area contributed by atoms with Crippen molar-refractivity contribution in [2.75, 3.05) is 6.54 Å². The summed E-state index contributed by atoms with van der Waals surface area (Å²) < 4.78 is 1.42. The van der Waals surface area contributed by atoms with Crippen molar-refractivity contribution >= 4 is 34.8 Å². The summed E-state index contributed by atoms with van der Waals surface area (Å²) in [7, 11) is 0. The zero-order chi connectivity index (χ0) is 14.1. The molecule has 0 saturated carbocycles. The van der Waals surface area contributed by atoms with Crippen LogP contribution < -0.4 is 17.0 Å². The van der Waals surface area contributed by atoms with Crippen LogP contribution in [-0.2, 0) is 0 Å². The standard InChI is InChI=1S/C9H9Cl2N5.CN/c10-6-2-1-3-7(8(6)11)16(5-4-12)9(13)15-14;1-2/h1-3H,5,14H2,(H2,13,15);/q;-1/p+1. The molecule has 0 aliphatic rings. The minimum atomic E-state index is 0.0100. The monoisotopic (exact) mass is 284 g/mol. The lowest BCUT2D eigenvalue weighted by Crippen LogP contribution is -2.43. The summed E-state index contributed by atoms with van der Waals surface area (Å²) in [5, 5.41) is 15.6. The Morgan fingerprint density at radius 3 is 2.56 bits per heavy atom. The molecule has 0 aliphatic heterocycles. The molecule has 0 amide bonds. The topological polar surface area (TPSA) is 115 Å². The first-order valence-electron chi connectivity index (χ1n) is 4.51. The van der Waals surface area contributed by atoms with Crippen molar-refractivity contribution in [1.29, 1.82) is 10.5 Å². The number of nitriles is 1. The Balaban J connectivity index is 0.00000137. The van der Waals surface area contributed by atoms with E-state index in [0.29, 0.717) is 15.7 Å². The van der Waals surface area contributed by atoms with Crippen LogP contribution in [0.5, 0.6) is 0 Å². The molecule has 0 spiro atoms. The molecule has 1 rings (SSSR count). The van der Waals surface area contributed by atoms with Gasteiger partial charge in [-0.3, -0.25) is 5.73 Å². The van der Waals surface area contributed by atoms with Crippen molar-refractivity contribution in [2.24, 2.45) is 11.6 Å². The van der Waals surface area contributed by atoms with E-state index in [1.165, 1.54) is 4.58 Å². The fourth-order valence-electron chi connectivity index (χ4n) is 1.15. The second-order valence-electron chi connectivity index (χ2n) is 2.85. The van der Waals surface area contributed by atoms with Gasteiger partial charge in [0.2, 0.25) is 0 Å². The molecule has 0 aliphatic carbocycles. The highest BCUT2D eigenvalue weighted by Gasteiger charge is 2.14. The summed E-state index contributed by atoms with van der Waals surface area (Å²) in [6.45, 7) is 4.76. The lowest BCUT2D eigenvalue weighted by Gasteiger charge is -2.09. The maximum Gasteiger partial charge on any atom is 0.366 e. The summed E-state index contributed by atoms with van der Waals surface area (Å²) in [5.74, 6) is 5.31. The van der Waals surface area contributed by atoms with Gasteiger partial charge >= 0.3 is 5.96 Å². The van der Waals surface area contributed by atoms with Crippen LogP contribution in [0.25, 0.3) is 0 Å². The third-order valence-electron chi connectivity index (χ3n) is 1.89. The largest absolute Gasteiger partial charge is 0.512 e. The molecular weight excluding hydrogens is 275 g/mol. The number of nitrogens with one attached hydrogen (secondary N) is 1. The summed E-state index contributed by atoms with van der Waals surface area (Å²) in [6.07, 6.45) is 0. The van der Waals surface area contributed by atoms with Crippen molar-refractivity contribution in [2.45, 2.75) is 0 Å². The smallest absolute Gasteiger partial charge is 0.366 e. The van der Waals surface area contributed by atoms with Gasteiger partial charge in [-0.1, -0.05) is 29.3 Å². The van der Waals surface area contributed by atoms with Crippen LogP contribution in [0.2, 0.25) is 10.0 Å². The van der Waals surface area contributed by atoms with Gasteiger partial charge in [-0.05, 0) is 12.1 Å². The van der Waals surface area contributed by atoms with Crippen LogP contribution in [0.15, 0.2) is 18.2 Å². The summed E-state index contributed by atoms with van der Waals surface area (Å²) in [6, 6.07) is 7.00. The van der Waals surface area contributed by atoms with E-state index >= 15 is 0 Å². The molecule has 5 N–H and O–H groups in total. The van der Waals surface area contributed by atoms with E-state index in [-0.39, 0.29) is 12.5 Å². The summed E-state index contributed by atoms with van der Waals surface area (Å²) in [5.41, 5.74) is 8.39. The van der Waals surface area contributed by atoms with E-state index in [2.05, 4.69) is 5.43 Å². The van der Waals surface area contributed by atoms with Gasteiger partial charge in [0.05, 0.1) is 10.0 Å². The normalized spacial score (nSPS) is 10.4. The van der Waals surface area contributed by atoms with E-state index in [9.17, 15) is 0 Å². The molecule has 0 fully saturated rings. The fourth-order valence-corrected chi connectivity index (χ4v) is 1.55. The average Bonchev–Trinajstić information content (AvgIpc) is 2.41. The molecule has 0 heterocycles. The number of benzene rings is 1. The first-order valence-corrected chi connectivity index (χ1v) is 5.27. The fraction of sp³-hybridized carbons (Fsp3) is 0.100. The second kappa shape index (κ2) is 8.15. The molecule has 18 heavy (non-hydrogen) atoms. The molecule has 0 radical (unpaired) electrons. The summed E-state index contributed by atoms with van der Waals surface area (Å²) >= 11 is 11.9. The Bertz CT molecular complexity index is 503. The maximum atomic E-state index is 8.70. The molecule has 1 aromatic carbocycles. The molecule has 94 valence electrons. The van der Waals surface area contributed by atoms with Crippen LogP contribution in [0.1, 0.15) is 0 Å². The quantitative estimate of drug-likeness (QED) is 0.143. The number of hydrogen-bond acceptors (Lipinski definition) is 3. The minimum absolute atomic E-state index is 0.0100. The van der Waals surface area contributed by atoms with Crippen LogP contribution in [-0.4, -0.2) is 17.1 Å². The molecular formula is C10H10Cl2N6. The van der Waals surface area contributed by atoms with E-state index < -0.39 is 0 Å².